The first-order valence-corrected chi connectivity index (χ1v) is 8.85. The molecule has 0 N–H and O–H groups in total. The Bertz CT molecular complexity index is 736. The molecule has 6 heteroatoms. The second kappa shape index (κ2) is 6.07. The van der Waals surface area contributed by atoms with Crippen LogP contribution in [0.2, 0.25) is 0 Å². The van der Waals surface area contributed by atoms with E-state index in [4.69, 9.17) is 4.42 Å². The molecule has 2 aromatic rings. The van der Waals surface area contributed by atoms with Crippen LogP contribution < -0.4 is 0 Å². The topological polar surface area (TPSA) is 64.2 Å². The molecule has 1 saturated carbocycles. The number of hydrogen-bond donors (Lipinski definition) is 0. The lowest BCUT2D eigenvalue weighted by atomic mass is 9.96. The summed E-state index contributed by atoms with van der Waals surface area (Å²) in [6.45, 7) is 6.56. The maximum atomic E-state index is 12.5. The predicted octanol–water partition coefficient (Wildman–Crippen LogP) is 2.92. The van der Waals surface area contributed by atoms with E-state index in [1.807, 2.05) is 18.0 Å². The summed E-state index contributed by atoms with van der Waals surface area (Å²) >= 11 is 0. The zero-order valence-electron chi connectivity index (χ0n) is 14.4. The lowest BCUT2D eigenvalue weighted by Gasteiger charge is -2.32. The normalized spacial score (nSPS) is 19.0. The predicted molar refractivity (Wildman–Crippen MR) is 88.8 cm³/mol. The summed E-state index contributed by atoms with van der Waals surface area (Å²) < 4.78 is 7.64. The van der Waals surface area contributed by atoms with Gasteiger partial charge >= 0.3 is 0 Å². The van der Waals surface area contributed by atoms with Crippen molar-refractivity contribution in [2.45, 2.75) is 52.0 Å². The van der Waals surface area contributed by atoms with Crippen LogP contribution in [0.3, 0.4) is 0 Å². The van der Waals surface area contributed by atoms with Crippen LogP contribution in [0.15, 0.2) is 17.0 Å². The van der Waals surface area contributed by atoms with Crippen molar-refractivity contribution in [1.29, 1.82) is 0 Å². The number of oxazole rings is 1. The van der Waals surface area contributed by atoms with Crippen molar-refractivity contribution in [2.24, 2.45) is 5.92 Å². The molecule has 0 radical (unpaired) electrons. The smallest absolute Gasteiger partial charge is 0.291 e. The van der Waals surface area contributed by atoms with Gasteiger partial charge in [-0.1, -0.05) is 0 Å². The van der Waals surface area contributed by atoms with Gasteiger partial charge in [-0.05, 0) is 45.4 Å². The first-order chi connectivity index (χ1) is 11.6. The van der Waals surface area contributed by atoms with Gasteiger partial charge in [0, 0.05) is 37.4 Å². The van der Waals surface area contributed by atoms with Gasteiger partial charge in [-0.2, -0.15) is 0 Å². The van der Waals surface area contributed by atoms with Gasteiger partial charge in [-0.15, -0.1) is 0 Å². The van der Waals surface area contributed by atoms with E-state index in [1.165, 1.54) is 30.8 Å². The molecule has 4 rings (SSSR count). The Morgan fingerprint density at radius 2 is 1.96 bits per heavy atom. The molecule has 0 spiro atoms. The molecule has 24 heavy (non-hydrogen) atoms. The fourth-order valence-corrected chi connectivity index (χ4v) is 3.61. The van der Waals surface area contributed by atoms with E-state index in [0.717, 1.165) is 32.5 Å². The Hall–Kier alpha value is -2.11. The van der Waals surface area contributed by atoms with Crippen LogP contribution in [0, 0.1) is 19.8 Å². The van der Waals surface area contributed by atoms with Crippen molar-refractivity contribution in [3.05, 3.63) is 35.6 Å². The molecular formula is C18H24N4O2. The SMILES string of the molecule is Cc1ncoc1C(=O)N1CCC(Cn2c(C)cnc2C2CC2)CC1. The molecule has 2 aliphatic rings. The molecule has 1 aliphatic carbocycles. The number of aryl methyl sites for hydroxylation is 2. The molecule has 0 bridgehead atoms. The lowest BCUT2D eigenvalue weighted by Crippen LogP contribution is -2.39. The second-order valence-corrected chi connectivity index (χ2v) is 7.15. The molecule has 2 aromatic heterocycles. The van der Waals surface area contributed by atoms with E-state index < -0.39 is 0 Å². The first kappa shape index (κ1) is 15.4. The van der Waals surface area contributed by atoms with Crippen LogP contribution in [0.4, 0.5) is 0 Å². The van der Waals surface area contributed by atoms with Gasteiger partial charge in [0.2, 0.25) is 5.76 Å². The average Bonchev–Trinajstić information content (AvgIpc) is 3.25. The maximum Gasteiger partial charge on any atom is 0.291 e. The van der Waals surface area contributed by atoms with Crippen LogP contribution in [0.25, 0.3) is 0 Å². The van der Waals surface area contributed by atoms with Gasteiger partial charge in [-0.3, -0.25) is 4.79 Å². The van der Waals surface area contributed by atoms with Crippen molar-refractivity contribution in [1.82, 2.24) is 19.4 Å². The van der Waals surface area contributed by atoms with Crippen LogP contribution >= 0.6 is 0 Å². The van der Waals surface area contributed by atoms with Crippen LogP contribution in [0.1, 0.15) is 59.4 Å². The maximum absolute atomic E-state index is 12.5. The Kier molecular flexibility index (Phi) is 3.90. The van der Waals surface area contributed by atoms with E-state index in [0.29, 0.717) is 23.3 Å². The van der Waals surface area contributed by atoms with Crippen LogP contribution in [-0.4, -0.2) is 38.4 Å². The summed E-state index contributed by atoms with van der Waals surface area (Å²) in [6, 6.07) is 0. The molecule has 0 unspecified atom stereocenters. The van der Waals surface area contributed by atoms with Gasteiger partial charge in [0.1, 0.15) is 5.82 Å². The van der Waals surface area contributed by atoms with E-state index >= 15 is 0 Å². The highest BCUT2D eigenvalue weighted by atomic mass is 16.3. The van der Waals surface area contributed by atoms with Gasteiger partial charge in [-0.25, -0.2) is 9.97 Å². The molecule has 0 aromatic carbocycles. The summed E-state index contributed by atoms with van der Waals surface area (Å²) in [5, 5.41) is 0. The zero-order chi connectivity index (χ0) is 16.7. The third-order valence-electron chi connectivity index (χ3n) is 5.31. The largest absolute Gasteiger partial charge is 0.438 e. The third-order valence-corrected chi connectivity index (χ3v) is 5.31. The molecule has 0 atom stereocenters. The highest BCUT2D eigenvalue weighted by molar-refractivity contribution is 5.92. The third kappa shape index (κ3) is 2.85. The van der Waals surface area contributed by atoms with E-state index in [9.17, 15) is 4.79 Å². The number of carbonyl (C=O) groups is 1. The number of piperidine rings is 1. The molecule has 3 heterocycles. The summed E-state index contributed by atoms with van der Waals surface area (Å²) in [7, 11) is 0. The fraction of sp³-hybridized carbons (Fsp3) is 0.611. The van der Waals surface area contributed by atoms with Crippen molar-refractivity contribution in [2.75, 3.05) is 13.1 Å². The number of hydrogen-bond acceptors (Lipinski definition) is 4. The Labute approximate surface area is 141 Å². The van der Waals surface area contributed by atoms with Gasteiger partial charge in [0.15, 0.2) is 6.39 Å². The van der Waals surface area contributed by atoms with Gasteiger partial charge in [0.25, 0.3) is 5.91 Å². The summed E-state index contributed by atoms with van der Waals surface area (Å²) in [5.41, 5.74) is 1.93. The summed E-state index contributed by atoms with van der Waals surface area (Å²) in [5.74, 6) is 2.91. The van der Waals surface area contributed by atoms with Crippen molar-refractivity contribution in [3.8, 4) is 0 Å². The Morgan fingerprint density at radius 1 is 1.21 bits per heavy atom. The average molecular weight is 328 g/mol. The molecule has 1 amide bonds. The number of rotatable bonds is 4. The van der Waals surface area contributed by atoms with E-state index in [1.54, 1.807) is 0 Å². The summed E-state index contributed by atoms with van der Waals surface area (Å²) in [4.78, 5) is 23.0. The highest BCUT2D eigenvalue weighted by Gasteiger charge is 2.31. The summed E-state index contributed by atoms with van der Waals surface area (Å²) in [6.07, 6.45) is 7.96. The van der Waals surface area contributed by atoms with Gasteiger partial charge in [0.05, 0.1) is 5.69 Å². The number of imidazole rings is 1. The minimum atomic E-state index is -0.0269. The van der Waals surface area contributed by atoms with Crippen LogP contribution in [-0.2, 0) is 6.54 Å². The molecule has 1 aliphatic heterocycles. The second-order valence-electron chi connectivity index (χ2n) is 7.15. The van der Waals surface area contributed by atoms with Gasteiger partial charge < -0.3 is 13.9 Å². The minimum Gasteiger partial charge on any atom is -0.438 e. The number of amides is 1. The van der Waals surface area contributed by atoms with E-state index in [2.05, 4.69) is 21.5 Å². The quantitative estimate of drug-likeness (QED) is 0.865. The Balaban J connectivity index is 1.37. The standard InChI is InChI=1S/C18H24N4O2/c1-12-9-19-17(15-3-4-15)22(12)10-14-5-7-21(8-6-14)18(23)16-13(2)20-11-24-16/h9,11,14-15H,3-8,10H2,1-2H3. The Morgan fingerprint density at radius 3 is 2.58 bits per heavy atom. The van der Waals surface area contributed by atoms with Crippen molar-refractivity contribution < 1.29 is 9.21 Å². The fourth-order valence-electron chi connectivity index (χ4n) is 3.61. The zero-order valence-corrected chi connectivity index (χ0v) is 14.4. The molecule has 1 saturated heterocycles. The van der Waals surface area contributed by atoms with Crippen molar-refractivity contribution >= 4 is 5.91 Å². The molecular weight excluding hydrogens is 304 g/mol. The molecule has 128 valence electrons. The van der Waals surface area contributed by atoms with Crippen LogP contribution in [0.5, 0.6) is 0 Å². The van der Waals surface area contributed by atoms with Crippen molar-refractivity contribution in [3.63, 3.8) is 0 Å². The number of likely N-dealkylation sites (tertiary alicyclic amines) is 1. The number of nitrogens with zero attached hydrogens (tertiary/aromatic N) is 4. The number of carbonyl (C=O) groups excluding carboxylic acids is 1. The molecule has 6 nitrogen and oxygen atoms in total. The van der Waals surface area contributed by atoms with E-state index in [-0.39, 0.29) is 5.91 Å². The molecule has 2 fully saturated rings. The monoisotopic (exact) mass is 328 g/mol. The number of aromatic nitrogens is 3. The minimum absolute atomic E-state index is 0.0269. The first-order valence-electron chi connectivity index (χ1n) is 8.85. The highest BCUT2D eigenvalue weighted by Crippen LogP contribution is 2.40. The lowest BCUT2D eigenvalue weighted by molar-refractivity contribution is 0.0649.